The Kier molecular flexibility index (Phi) is 3.29. The lowest BCUT2D eigenvalue weighted by molar-refractivity contribution is 0.282. The van der Waals surface area contributed by atoms with Crippen molar-refractivity contribution < 1.29 is 9.32 Å². The Bertz CT molecular complexity index is 393. The fraction of sp³-hybridized carbons (Fsp3) is 0.400. The number of benzene rings is 1. The molecule has 1 atom stereocenters. The SMILES string of the molecule is CC(C)S(=N)(=O)c1ccc(CO)cc1. The predicted molar refractivity (Wildman–Crippen MR) is 56.6 cm³/mol. The molecule has 0 bridgehead atoms. The van der Waals surface area contributed by atoms with Gasteiger partial charge >= 0.3 is 0 Å². The molecule has 0 aliphatic heterocycles. The van der Waals surface area contributed by atoms with Gasteiger partial charge < -0.3 is 5.11 Å². The summed E-state index contributed by atoms with van der Waals surface area (Å²) in [7, 11) is -2.68. The Morgan fingerprint density at radius 2 is 1.86 bits per heavy atom. The fourth-order valence-corrected chi connectivity index (χ4v) is 2.15. The minimum Gasteiger partial charge on any atom is -0.392 e. The Labute approximate surface area is 84.8 Å². The first-order chi connectivity index (χ1) is 6.48. The van der Waals surface area contributed by atoms with Crippen LogP contribution in [0.25, 0.3) is 0 Å². The highest BCUT2D eigenvalue weighted by molar-refractivity contribution is 7.93. The highest BCUT2D eigenvalue weighted by Gasteiger charge is 2.14. The lowest BCUT2D eigenvalue weighted by Gasteiger charge is -2.11. The van der Waals surface area contributed by atoms with E-state index in [4.69, 9.17) is 9.89 Å². The van der Waals surface area contributed by atoms with Crippen LogP contribution in [-0.4, -0.2) is 14.6 Å². The highest BCUT2D eigenvalue weighted by Crippen LogP contribution is 2.17. The van der Waals surface area contributed by atoms with Crippen LogP contribution in [0.5, 0.6) is 0 Å². The molecule has 3 nitrogen and oxygen atoms in total. The van der Waals surface area contributed by atoms with Gasteiger partial charge in [-0.25, -0.2) is 8.99 Å². The molecule has 2 N–H and O–H groups in total. The van der Waals surface area contributed by atoms with Gasteiger partial charge in [-0.15, -0.1) is 0 Å². The minimum absolute atomic E-state index is 0.0266. The number of hydrogen-bond donors (Lipinski definition) is 2. The lowest BCUT2D eigenvalue weighted by Crippen LogP contribution is -2.12. The van der Waals surface area contributed by atoms with Crippen molar-refractivity contribution >= 4 is 9.73 Å². The van der Waals surface area contributed by atoms with Crippen LogP contribution in [-0.2, 0) is 16.3 Å². The van der Waals surface area contributed by atoms with Gasteiger partial charge in [0.15, 0.2) is 0 Å². The van der Waals surface area contributed by atoms with Crippen molar-refractivity contribution in [1.82, 2.24) is 0 Å². The topological polar surface area (TPSA) is 61.2 Å². The molecule has 78 valence electrons. The third kappa shape index (κ3) is 2.13. The molecule has 1 unspecified atom stereocenters. The van der Waals surface area contributed by atoms with Crippen molar-refractivity contribution in [2.24, 2.45) is 0 Å². The van der Waals surface area contributed by atoms with Gasteiger partial charge in [-0.05, 0) is 31.5 Å². The average molecular weight is 213 g/mol. The molecule has 0 saturated heterocycles. The Balaban J connectivity index is 3.10. The van der Waals surface area contributed by atoms with Crippen molar-refractivity contribution in [3.63, 3.8) is 0 Å². The zero-order chi connectivity index (χ0) is 10.8. The molecule has 1 aromatic carbocycles. The first-order valence-corrected chi connectivity index (χ1v) is 6.08. The Morgan fingerprint density at radius 1 is 1.36 bits per heavy atom. The average Bonchev–Trinajstić information content (AvgIpc) is 2.17. The quantitative estimate of drug-likeness (QED) is 0.806. The molecule has 0 saturated carbocycles. The highest BCUT2D eigenvalue weighted by atomic mass is 32.2. The molecule has 14 heavy (non-hydrogen) atoms. The van der Waals surface area contributed by atoms with E-state index >= 15 is 0 Å². The molecule has 0 aliphatic rings. The molecule has 0 radical (unpaired) electrons. The van der Waals surface area contributed by atoms with Crippen molar-refractivity contribution in [2.75, 3.05) is 0 Å². The maximum atomic E-state index is 11.9. The van der Waals surface area contributed by atoms with Crippen LogP contribution in [0.3, 0.4) is 0 Å². The summed E-state index contributed by atoms with van der Waals surface area (Å²) in [6.07, 6.45) is 0. The molecule has 0 aromatic heterocycles. The van der Waals surface area contributed by atoms with Crippen molar-refractivity contribution in [3.8, 4) is 0 Å². The van der Waals surface area contributed by atoms with Crippen LogP contribution < -0.4 is 0 Å². The van der Waals surface area contributed by atoms with Crippen LogP contribution in [0.2, 0.25) is 0 Å². The number of aliphatic hydroxyl groups excluding tert-OH is 1. The molecule has 1 rings (SSSR count). The fourth-order valence-electron chi connectivity index (χ4n) is 1.07. The van der Waals surface area contributed by atoms with Gasteiger partial charge in [0.1, 0.15) is 0 Å². The van der Waals surface area contributed by atoms with Crippen LogP contribution in [0.4, 0.5) is 0 Å². The summed E-state index contributed by atoms with van der Waals surface area (Å²) in [5.41, 5.74) is 0.771. The van der Waals surface area contributed by atoms with Gasteiger partial charge in [-0.3, -0.25) is 0 Å². The van der Waals surface area contributed by atoms with Gasteiger partial charge in [0.25, 0.3) is 0 Å². The lowest BCUT2D eigenvalue weighted by atomic mass is 10.2. The second kappa shape index (κ2) is 4.11. The molecule has 0 spiro atoms. The molecule has 1 aromatic rings. The number of aliphatic hydroxyl groups is 1. The van der Waals surface area contributed by atoms with Crippen molar-refractivity contribution in [1.29, 1.82) is 4.78 Å². The van der Waals surface area contributed by atoms with Crippen LogP contribution >= 0.6 is 0 Å². The van der Waals surface area contributed by atoms with E-state index in [1.807, 2.05) is 0 Å². The summed E-state index contributed by atoms with van der Waals surface area (Å²) in [6, 6.07) is 6.71. The van der Waals surface area contributed by atoms with E-state index in [-0.39, 0.29) is 11.9 Å². The number of nitrogens with one attached hydrogen (secondary N) is 1. The Hall–Kier alpha value is -0.870. The van der Waals surface area contributed by atoms with Gasteiger partial charge in [0.2, 0.25) is 0 Å². The third-order valence-electron chi connectivity index (χ3n) is 2.12. The van der Waals surface area contributed by atoms with Gasteiger partial charge in [-0.1, -0.05) is 12.1 Å². The van der Waals surface area contributed by atoms with E-state index in [2.05, 4.69) is 0 Å². The van der Waals surface area contributed by atoms with Crippen molar-refractivity contribution in [2.45, 2.75) is 30.6 Å². The summed E-state index contributed by atoms with van der Waals surface area (Å²) >= 11 is 0. The number of hydrogen-bond acceptors (Lipinski definition) is 3. The monoisotopic (exact) mass is 213 g/mol. The maximum Gasteiger partial charge on any atom is 0.0749 e. The molecule has 0 fully saturated rings. The summed E-state index contributed by atoms with van der Waals surface area (Å²) in [6.45, 7) is 3.52. The largest absolute Gasteiger partial charge is 0.392 e. The molecular formula is C10H15NO2S. The predicted octanol–water partition coefficient (Wildman–Crippen LogP) is 1.99. The van der Waals surface area contributed by atoms with E-state index in [1.165, 1.54) is 0 Å². The Morgan fingerprint density at radius 3 is 2.21 bits per heavy atom. The van der Waals surface area contributed by atoms with E-state index in [0.717, 1.165) is 5.56 Å². The van der Waals surface area contributed by atoms with Crippen LogP contribution in [0.1, 0.15) is 19.4 Å². The molecule has 0 amide bonds. The van der Waals surface area contributed by atoms with Crippen LogP contribution in [0.15, 0.2) is 29.2 Å². The van der Waals surface area contributed by atoms with Crippen molar-refractivity contribution in [3.05, 3.63) is 29.8 Å². The second-order valence-electron chi connectivity index (χ2n) is 3.45. The smallest absolute Gasteiger partial charge is 0.0749 e. The van der Waals surface area contributed by atoms with Gasteiger partial charge in [0, 0.05) is 10.1 Å². The molecule has 4 heteroatoms. The number of rotatable bonds is 3. The molecule has 0 heterocycles. The zero-order valence-corrected chi connectivity index (χ0v) is 9.17. The van der Waals surface area contributed by atoms with Gasteiger partial charge in [-0.2, -0.15) is 0 Å². The van der Waals surface area contributed by atoms with E-state index < -0.39 is 9.73 Å². The standard InChI is InChI=1S/C10H15NO2S/c1-8(2)14(11,13)10-5-3-9(7-12)4-6-10/h3-6,8,11-12H,7H2,1-2H3. The molecular weight excluding hydrogens is 198 g/mol. The summed E-state index contributed by atoms with van der Waals surface area (Å²) in [5.74, 6) is 0. The first-order valence-electron chi connectivity index (χ1n) is 4.46. The second-order valence-corrected chi connectivity index (χ2v) is 6.07. The summed E-state index contributed by atoms with van der Waals surface area (Å²) in [4.78, 5) is 0.532. The third-order valence-corrected chi connectivity index (χ3v) is 4.42. The normalized spacial score (nSPS) is 15.4. The zero-order valence-electron chi connectivity index (χ0n) is 8.36. The van der Waals surface area contributed by atoms with E-state index in [9.17, 15) is 4.21 Å². The minimum atomic E-state index is -2.68. The van der Waals surface area contributed by atoms with Crippen LogP contribution in [0, 0.1) is 4.78 Å². The summed E-state index contributed by atoms with van der Waals surface area (Å²) < 4.78 is 19.6. The van der Waals surface area contributed by atoms with E-state index in [0.29, 0.717) is 4.90 Å². The van der Waals surface area contributed by atoms with Gasteiger partial charge in [0.05, 0.1) is 16.3 Å². The maximum absolute atomic E-state index is 11.9. The van der Waals surface area contributed by atoms with E-state index in [1.54, 1.807) is 38.1 Å². The molecule has 0 aliphatic carbocycles. The first kappa shape index (κ1) is 11.2. The summed E-state index contributed by atoms with van der Waals surface area (Å²) in [5, 5.41) is 8.63.